The van der Waals surface area contributed by atoms with E-state index in [9.17, 15) is 13.2 Å². The Bertz CT molecular complexity index is 813. The minimum Gasteiger partial charge on any atom is -0.441 e. The summed E-state index contributed by atoms with van der Waals surface area (Å²) in [5.74, 6) is 0.562. The lowest BCUT2D eigenvalue weighted by Gasteiger charge is -2.26. The lowest BCUT2D eigenvalue weighted by molar-refractivity contribution is -0.141. The third-order valence-corrected chi connectivity index (χ3v) is 4.05. The molecule has 2 unspecified atom stereocenters. The first-order valence-corrected chi connectivity index (χ1v) is 7.72. The summed E-state index contributed by atoms with van der Waals surface area (Å²) in [4.78, 5) is 11.9. The van der Waals surface area contributed by atoms with E-state index in [0.717, 1.165) is 23.4 Å². The van der Waals surface area contributed by atoms with E-state index < -0.39 is 11.9 Å². The quantitative estimate of drug-likeness (QED) is 0.802. The van der Waals surface area contributed by atoms with Crippen molar-refractivity contribution in [3.05, 3.63) is 65.9 Å². The van der Waals surface area contributed by atoms with Gasteiger partial charge in [-0.25, -0.2) is 9.98 Å². The molecule has 1 aliphatic heterocycles. The number of hydrogen-bond acceptors (Lipinski definition) is 4. The zero-order valence-electron chi connectivity index (χ0n) is 13.7. The summed E-state index contributed by atoms with van der Waals surface area (Å²) in [7, 11) is 0. The van der Waals surface area contributed by atoms with Gasteiger partial charge in [0.1, 0.15) is 11.4 Å². The van der Waals surface area contributed by atoms with Gasteiger partial charge in [-0.2, -0.15) is 13.2 Å². The highest BCUT2D eigenvalue weighted by molar-refractivity contribution is 5.87. The van der Waals surface area contributed by atoms with Crippen LogP contribution in [0.5, 0.6) is 5.75 Å². The monoisotopic (exact) mass is 347 g/mol. The molecule has 130 valence electrons. The zero-order chi connectivity index (χ0) is 18.0. The Hall–Kier alpha value is -2.70. The number of ether oxygens (including phenoxy) is 1. The first kappa shape index (κ1) is 17.1. The Labute approximate surface area is 143 Å². The predicted octanol–water partition coefficient (Wildman–Crippen LogP) is 4.53. The number of allylic oxidation sites excluding steroid dienone is 1. The van der Waals surface area contributed by atoms with Gasteiger partial charge in [-0.15, -0.1) is 0 Å². The van der Waals surface area contributed by atoms with Gasteiger partial charge in [0.2, 0.25) is 5.90 Å². The molecule has 2 aromatic rings. The van der Waals surface area contributed by atoms with E-state index in [1.807, 2.05) is 26.0 Å². The number of aromatic nitrogens is 2. The minimum atomic E-state index is -4.48. The van der Waals surface area contributed by atoms with Gasteiger partial charge in [-0.05, 0) is 42.2 Å². The highest BCUT2D eigenvalue weighted by Gasteiger charge is 2.33. The van der Waals surface area contributed by atoms with Gasteiger partial charge >= 0.3 is 6.18 Å². The standard InChI is InChI=1S/C18H16F3N3O/c1-11-5-7-22-10-14(11)16-12(2)6-8-23-17(16)25-13-3-4-15(24-9-13)18(19,20)21/h3-10,12,16H,1-2H3. The van der Waals surface area contributed by atoms with E-state index in [4.69, 9.17) is 4.74 Å². The molecule has 0 spiro atoms. The minimum absolute atomic E-state index is 0.109. The predicted molar refractivity (Wildman–Crippen MR) is 87.3 cm³/mol. The highest BCUT2D eigenvalue weighted by atomic mass is 19.4. The van der Waals surface area contributed by atoms with Crippen molar-refractivity contribution in [3.8, 4) is 5.75 Å². The molecule has 0 fully saturated rings. The van der Waals surface area contributed by atoms with Crippen molar-refractivity contribution in [1.29, 1.82) is 0 Å². The lowest BCUT2D eigenvalue weighted by Crippen LogP contribution is -2.27. The smallest absolute Gasteiger partial charge is 0.433 e. The molecular weight excluding hydrogens is 331 g/mol. The molecule has 4 nitrogen and oxygen atoms in total. The normalized spacial score (nSPS) is 20.3. The average Bonchev–Trinajstić information content (AvgIpc) is 2.56. The molecule has 0 aromatic carbocycles. The fourth-order valence-electron chi connectivity index (χ4n) is 2.71. The molecule has 0 radical (unpaired) electrons. The van der Waals surface area contributed by atoms with Crippen LogP contribution in [-0.2, 0) is 6.18 Å². The molecule has 0 saturated heterocycles. The topological polar surface area (TPSA) is 47.4 Å². The highest BCUT2D eigenvalue weighted by Crippen LogP contribution is 2.33. The van der Waals surface area contributed by atoms with Crippen molar-refractivity contribution in [2.45, 2.75) is 25.9 Å². The van der Waals surface area contributed by atoms with Crippen molar-refractivity contribution in [2.75, 3.05) is 0 Å². The first-order valence-electron chi connectivity index (χ1n) is 7.72. The van der Waals surface area contributed by atoms with Gasteiger partial charge in [-0.1, -0.05) is 13.0 Å². The molecule has 7 heteroatoms. The Kier molecular flexibility index (Phi) is 4.57. The zero-order valence-corrected chi connectivity index (χ0v) is 13.7. The Morgan fingerprint density at radius 3 is 2.56 bits per heavy atom. The molecule has 3 heterocycles. The first-order chi connectivity index (χ1) is 11.9. The summed E-state index contributed by atoms with van der Waals surface area (Å²) in [6.45, 7) is 4.00. The Balaban J connectivity index is 1.88. The second-order valence-corrected chi connectivity index (χ2v) is 5.86. The maximum Gasteiger partial charge on any atom is 0.433 e. The number of hydrogen-bond donors (Lipinski definition) is 0. The van der Waals surface area contributed by atoms with Crippen molar-refractivity contribution in [2.24, 2.45) is 10.9 Å². The van der Waals surface area contributed by atoms with Crippen molar-refractivity contribution in [3.63, 3.8) is 0 Å². The SMILES string of the molecule is Cc1ccncc1C1C(Oc2ccc(C(F)(F)F)nc2)=NC=CC1C. The van der Waals surface area contributed by atoms with Crippen LogP contribution in [0.2, 0.25) is 0 Å². The van der Waals surface area contributed by atoms with Crippen LogP contribution in [0.4, 0.5) is 13.2 Å². The molecule has 0 N–H and O–H groups in total. The van der Waals surface area contributed by atoms with Gasteiger partial charge in [0, 0.05) is 18.6 Å². The van der Waals surface area contributed by atoms with Gasteiger partial charge < -0.3 is 4.74 Å². The van der Waals surface area contributed by atoms with E-state index in [2.05, 4.69) is 15.0 Å². The van der Waals surface area contributed by atoms with Crippen molar-refractivity contribution >= 4 is 5.90 Å². The summed E-state index contributed by atoms with van der Waals surface area (Å²) in [6, 6.07) is 4.04. The van der Waals surface area contributed by atoms with E-state index in [-0.39, 0.29) is 17.6 Å². The van der Waals surface area contributed by atoms with Gasteiger partial charge in [0.05, 0.1) is 12.1 Å². The van der Waals surface area contributed by atoms with Crippen LogP contribution in [0.1, 0.15) is 29.7 Å². The van der Waals surface area contributed by atoms with Crippen molar-refractivity contribution < 1.29 is 17.9 Å². The molecule has 0 saturated carbocycles. The molecule has 3 rings (SSSR count). The summed E-state index contributed by atoms with van der Waals surface area (Å²) in [5, 5.41) is 0. The van der Waals surface area contributed by atoms with E-state index >= 15 is 0 Å². The molecule has 25 heavy (non-hydrogen) atoms. The van der Waals surface area contributed by atoms with Gasteiger partial charge in [0.25, 0.3) is 0 Å². The molecule has 1 aliphatic rings. The van der Waals surface area contributed by atoms with E-state index in [0.29, 0.717) is 5.90 Å². The van der Waals surface area contributed by atoms with Gasteiger partial charge in [-0.3, -0.25) is 4.98 Å². The van der Waals surface area contributed by atoms with Crippen LogP contribution in [0.15, 0.2) is 54.1 Å². The second-order valence-electron chi connectivity index (χ2n) is 5.86. The summed E-state index contributed by atoms with van der Waals surface area (Å²) in [5.41, 5.74) is 1.06. The average molecular weight is 347 g/mol. The molecule has 2 aromatic heterocycles. The molecule has 0 amide bonds. The number of pyridine rings is 2. The largest absolute Gasteiger partial charge is 0.441 e. The van der Waals surface area contributed by atoms with Crippen LogP contribution >= 0.6 is 0 Å². The number of rotatable bonds is 2. The number of aryl methyl sites for hydroxylation is 1. The summed E-state index contributed by atoms with van der Waals surface area (Å²) >= 11 is 0. The summed E-state index contributed by atoms with van der Waals surface area (Å²) < 4.78 is 43.6. The maximum absolute atomic E-state index is 12.6. The van der Waals surface area contributed by atoms with Crippen molar-refractivity contribution in [1.82, 2.24) is 9.97 Å². The lowest BCUT2D eigenvalue weighted by atomic mass is 9.84. The maximum atomic E-state index is 12.6. The number of aliphatic imine (C=N–C) groups is 1. The van der Waals surface area contributed by atoms with E-state index in [1.54, 1.807) is 18.6 Å². The number of alkyl halides is 3. The van der Waals surface area contributed by atoms with Crippen LogP contribution < -0.4 is 4.74 Å². The van der Waals surface area contributed by atoms with Crippen LogP contribution in [-0.4, -0.2) is 15.9 Å². The number of halogens is 3. The van der Waals surface area contributed by atoms with E-state index in [1.165, 1.54) is 6.07 Å². The Morgan fingerprint density at radius 1 is 1.12 bits per heavy atom. The molecular formula is C18H16F3N3O. The molecule has 2 atom stereocenters. The fraction of sp³-hybridized carbons (Fsp3) is 0.278. The Morgan fingerprint density at radius 2 is 1.92 bits per heavy atom. The fourth-order valence-corrected chi connectivity index (χ4v) is 2.71. The molecule has 0 aliphatic carbocycles. The van der Waals surface area contributed by atoms with Crippen LogP contribution in [0.3, 0.4) is 0 Å². The summed E-state index contributed by atoms with van der Waals surface area (Å²) in [6.07, 6.45) is 3.64. The third-order valence-electron chi connectivity index (χ3n) is 4.05. The van der Waals surface area contributed by atoms with Crippen LogP contribution in [0, 0.1) is 12.8 Å². The van der Waals surface area contributed by atoms with Gasteiger partial charge in [0.15, 0.2) is 0 Å². The third kappa shape index (κ3) is 3.70. The molecule has 0 bridgehead atoms. The van der Waals surface area contributed by atoms with Crippen LogP contribution in [0.25, 0.3) is 0 Å². The number of nitrogens with zero attached hydrogens (tertiary/aromatic N) is 3. The second kappa shape index (κ2) is 6.66.